The van der Waals surface area contributed by atoms with Crippen LogP contribution >= 0.6 is 0 Å². The zero-order chi connectivity index (χ0) is 14.5. The predicted octanol–water partition coefficient (Wildman–Crippen LogP) is 1.90. The van der Waals surface area contributed by atoms with Gasteiger partial charge < -0.3 is 19.3 Å². The zero-order valence-electron chi connectivity index (χ0n) is 12.5. The Labute approximate surface area is 115 Å². The van der Waals surface area contributed by atoms with Crippen LogP contribution in [-0.4, -0.2) is 49.3 Å². The zero-order valence-corrected chi connectivity index (χ0v) is 12.5. The SMILES string of the molecule is COCO[C@@H](C)/C(C)=C/C[C@H](O)C1=NC(C)(C)CO1. The molecule has 0 aromatic carbocycles. The van der Waals surface area contributed by atoms with E-state index in [4.69, 9.17) is 14.2 Å². The Bertz CT molecular complexity index is 349. The topological polar surface area (TPSA) is 60.3 Å². The van der Waals surface area contributed by atoms with Gasteiger partial charge in [0.05, 0.1) is 11.6 Å². The summed E-state index contributed by atoms with van der Waals surface area (Å²) in [7, 11) is 1.59. The van der Waals surface area contributed by atoms with E-state index < -0.39 is 6.10 Å². The molecular weight excluding hydrogens is 246 g/mol. The van der Waals surface area contributed by atoms with Gasteiger partial charge in [0, 0.05) is 13.5 Å². The molecule has 110 valence electrons. The summed E-state index contributed by atoms with van der Waals surface area (Å²) in [6.45, 7) is 8.66. The van der Waals surface area contributed by atoms with Crippen LogP contribution in [0.3, 0.4) is 0 Å². The Morgan fingerprint density at radius 2 is 2.26 bits per heavy atom. The van der Waals surface area contributed by atoms with Crippen LogP contribution in [0.25, 0.3) is 0 Å². The highest BCUT2D eigenvalue weighted by molar-refractivity contribution is 5.82. The number of ether oxygens (including phenoxy) is 3. The Kier molecular flexibility index (Phi) is 5.97. The largest absolute Gasteiger partial charge is 0.477 e. The third kappa shape index (κ3) is 5.30. The summed E-state index contributed by atoms with van der Waals surface area (Å²) in [5, 5.41) is 10.0. The molecule has 1 rings (SSSR count). The number of rotatable bonds is 7. The lowest BCUT2D eigenvalue weighted by Gasteiger charge is -2.14. The fourth-order valence-electron chi connectivity index (χ4n) is 1.65. The van der Waals surface area contributed by atoms with Gasteiger partial charge in [0.25, 0.3) is 0 Å². The van der Waals surface area contributed by atoms with Gasteiger partial charge in [0.2, 0.25) is 5.90 Å². The minimum absolute atomic E-state index is 0.0324. The number of hydrogen-bond acceptors (Lipinski definition) is 5. The molecule has 5 heteroatoms. The first kappa shape index (κ1) is 16.1. The van der Waals surface area contributed by atoms with Crippen LogP contribution < -0.4 is 0 Å². The van der Waals surface area contributed by atoms with E-state index >= 15 is 0 Å². The van der Waals surface area contributed by atoms with Crippen molar-refractivity contribution >= 4 is 5.90 Å². The lowest BCUT2D eigenvalue weighted by atomic mass is 10.1. The molecule has 0 aliphatic carbocycles. The van der Waals surface area contributed by atoms with Crippen LogP contribution in [0.15, 0.2) is 16.6 Å². The summed E-state index contributed by atoms with van der Waals surface area (Å²) in [5.41, 5.74) is 0.818. The van der Waals surface area contributed by atoms with E-state index in [1.54, 1.807) is 7.11 Å². The molecule has 1 aliphatic rings. The molecule has 0 bridgehead atoms. The highest BCUT2D eigenvalue weighted by Crippen LogP contribution is 2.19. The first-order chi connectivity index (χ1) is 8.85. The van der Waals surface area contributed by atoms with Gasteiger partial charge in [0.15, 0.2) is 0 Å². The van der Waals surface area contributed by atoms with Crippen molar-refractivity contribution in [2.24, 2.45) is 4.99 Å². The number of aliphatic hydroxyl groups excluding tert-OH is 1. The van der Waals surface area contributed by atoms with E-state index in [0.717, 1.165) is 5.57 Å². The average Bonchev–Trinajstić information content (AvgIpc) is 2.73. The number of aliphatic imine (C=N–C) groups is 1. The Balaban J connectivity index is 2.47. The summed E-state index contributed by atoms with van der Waals surface area (Å²) in [5.74, 6) is 0.430. The van der Waals surface area contributed by atoms with Crippen LogP contribution in [0.2, 0.25) is 0 Å². The number of nitrogens with zero attached hydrogens (tertiary/aromatic N) is 1. The van der Waals surface area contributed by atoms with Gasteiger partial charge in [-0.15, -0.1) is 0 Å². The standard InChI is InChI=1S/C14H25NO4/c1-10(11(2)19-9-17-5)6-7-12(16)13-15-14(3,4)8-18-13/h6,11-12,16H,7-9H2,1-5H3/b10-6+/t11-,12-/m0/s1. The molecule has 0 fully saturated rings. The van der Waals surface area contributed by atoms with E-state index in [2.05, 4.69) is 4.99 Å². The lowest BCUT2D eigenvalue weighted by molar-refractivity contribution is -0.0531. The van der Waals surface area contributed by atoms with Crippen molar-refractivity contribution < 1.29 is 19.3 Å². The van der Waals surface area contributed by atoms with Gasteiger partial charge in [-0.3, -0.25) is 0 Å². The van der Waals surface area contributed by atoms with Crippen molar-refractivity contribution in [1.82, 2.24) is 0 Å². The smallest absolute Gasteiger partial charge is 0.214 e. The molecule has 1 heterocycles. The molecule has 1 aliphatic heterocycles. The van der Waals surface area contributed by atoms with Crippen LogP contribution in [0.4, 0.5) is 0 Å². The molecule has 19 heavy (non-hydrogen) atoms. The highest BCUT2D eigenvalue weighted by Gasteiger charge is 2.29. The number of hydrogen-bond donors (Lipinski definition) is 1. The first-order valence-corrected chi connectivity index (χ1v) is 6.53. The van der Waals surface area contributed by atoms with Crippen molar-refractivity contribution in [2.45, 2.75) is 51.9 Å². The van der Waals surface area contributed by atoms with Gasteiger partial charge in [-0.1, -0.05) is 6.08 Å². The summed E-state index contributed by atoms with van der Waals surface area (Å²) in [6.07, 6.45) is 1.70. The monoisotopic (exact) mass is 271 g/mol. The van der Waals surface area contributed by atoms with Gasteiger partial charge >= 0.3 is 0 Å². The van der Waals surface area contributed by atoms with Crippen molar-refractivity contribution in [3.63, 3.8) is 0 Å². The lowest BCUT2D eigenvalue weighted by Crippen LogP contribution is -2.20. The molecule has 0 saturated heterocycles. The summed E-state index contributed by atoms with van der Waals surface area (Å²) in [4.78, 5) is 4.36. The minimum Gasteiger partial charge on any atom is -0.477 e. The first-order valence-electron chi connectivity index (χ1n) is 6.53. The second-order valence-corrected chi connectivity index (χ2v) is 5.47. The summed E-state index contributed by atoms with van der Waals surface area (Å²) in [6, 6.07) is 0. The van der Waals surface area contributed by atoms with Gasteiger partial charge in [-0.05, 0) is 33.3 Å². The van der Waals surface area contributed by atoms with Crippen molar-refractivity contribution in [1.29, 1.82) is 0 Å². The maximum Gasteiger partial charge on any atom is 0.214 e. The number of aliphatic hydroxyl groups is 1. The quantitative estimate of drug-likeness (QED) is 0.567. The second-order valence-electron chi connectivity index (χ2n) is 5.47. The normalized spacial score (nSPS) is 21.8. The van der Waals surface area contributed by atoms with Gasteiger partial charge in [0.1, 0.15) is 19.5 Å². The Morgan fingerprint density at radius 1 is 1.58 bits per heavy atom. The molecule has 5 nitrogen and oxygen atoms in total. The molecule has 1 N–H and O–H groups in total. The molecule has 0 unspecified atom stereocenters. The Morgan fingerprint density at radius 3 is 2.79 bits per heavy atom. The predicted molar refractivity (Wildman–Crippen MR) is 74.3 cm³/mol. The third-order valence-electron chi connectivity index (χ3n) is 3.01. The third-order valence-corrected chi connectivity index (χ3v) is 3.01. The molecular formula is C14H25NO4. The minimum atomic E-state index is -0.689. The van der Waals surface area contributed by atoms with E-state index in [9.17, 15) is 5.11 Å². The van der Waals surface area contributed by atoms with Gasteiger partial charge in [-0.25, -0.2) is 4.99 Å². The molecule has 0 amide bonds. The molecule has 2 atom stereocenters. The average molecular weight is 271 g/mol. The molecule has 0 spiro atoms. The summed E-state index contributed by atoms with van der Waals surface area (Å²) >= 11 is 0. The van der Waals surface area contributed by atoms with Crippen LogP contribution in [-0.2, 0) is 14.2 Å². The molecule has 0 aromatic heterocycles. The van der Waals surface area contributed by atoms with Crippen molar-refractivity contribution in [3.05, 3.63) is 11.6 Å². The van der Waals surface area contributed by atoms with E-state index in [1.165, 1.54) is 0 Å². The van der Waals surface area contributed by atoms with Crippen molar-refractivity contribution in [2.75, 3.05) is 20.5 Å². The summed E-state index contributed by atoms with van der Waals surface area (Å²) < 4.78 is 15.7. The number of methoxy groups -OCH3 is 1. The fourth-order valence-corrected chi connectivity index (χ4v) is 1.65. The molecule has 0 aromatic rings. The molecule has 0 radical (unpaired) electrons. The maximum atomic E-state index is 10.0. The van der Waals surface area contributed by atoms with Gasteiger partial charge in [-0.2, -0.15) is 0 Å². The second kappa shape index (κ2) is 7.03. The highest BCUT2D eigenvalue weighted by atomic mass is 16.7. The fraction of sp³-hybridized carbons (Fsp3) is 0.786. The van der Waals surface area contributed by atoms with Crippen LogP contribution in [0.5, 0.6) is 0 Å². The van der Waals surface area contributed by atoms with E-state index in [0.29, 0.717) is 18.9 Å². The Hall–Kier alpha value is -0.910. The van der Waals surface area contributed by atoms with Crippen molar-refractivity contribution in [3.8, 4) is 0 Å². The molecule has 0 saturated carbocycles. The van der Waals surface area contributed by atoms with E-state index in [1.807, 2.05) is 33.8 Å². The van der Waals surface area contributed by atoms with Crippen LogP contribution in [0, 0.1) is 0 Å². The van der Waals surface area contributed by atoms with E-state index in [-0.39, 0.29) is 18.4 Å². The maximum absolute atomic E-state index is 10.0. The van der Waals surface area contributed by atoms with Crippen LogP contribution in [0.1, 0.15) is 34.1 Å².